The maximum Gasteiger partial charge on any atom is 0.405 e. The van der Waals surface area contributed by atoms with Crippen molar-refractivity contribution in [1.29, 1.82) is 0 Å². The van der Waals surface area contributed by atoms with Crippen LogP contribution in [-0.2, 0) is 4.79 Å². The molecule has 176 valence electrons. The van der Waals surface area contributed by atoms with Crippen molar-refractivity contribution in [2.45, 2.75) is 19.0 Å². The normalized spacial score (nSPS) is 13.3. The third kappa shape index (κ3) is 5.95. The summed E-state index contributed by atoms with van der Waals surface area (Å²) in [6.45, 7) is -0.453. The number of thiazole rings is 1. The highest BCUT2D eigenvalue weighted by Gasteiger charge is 2.28. The predicted molar refractivity (Wildman–Crippen MR) is 120 cm³/mol. The Morgan fingerprint density at radius 1 is 1.12 bits per heavy atom. The number of benzene rings is 2. The molecule has 0 saturated carbocycles. The number of fused-ring (bicyclic) bond motifs is 1. The number of alkyl halides is 3. The zero-order valence-corrected chi connectivity index (χ0v) is 18.4. The number of carbonyl (C=O) groups excluding carboxylic acids is 2. The van der Waals surface area contributed by atoms with Crippen molar-refractivity contribution in [1.82, 2.24) is 20.5 Å². The van der Waals surface area contributed by atoms with Gasteiger partial charge in [-0.15, -0.1) is 16.4 Å². The maximum absolute atomic E-state index is 12.5. The quantitative estimate of drug-likeness (QED) is 0.399. The molecule has 0 unspecified atom stereocenters. The van der Waals surface area contributed by atoms with Crippen molar-refractivity contribution in [3.63, 3.8) is 0 Å². The highest BCUT2D eigenvalue weighted by Crippen LogP contribution is 2.29. The zero-order valence-electron chi connectivity index (χ0n) is 17.6. The van der Waals surface area contributed by atoms with Crippen LogP contribution in [-0.4, -0.2) is 46.1 Å². The van der Waals surface area contributed by atoms with E-state index in [4.69, 9.17) is 4.42 Å². The molecule has 4 aromatic rings. The van der Waals surface area contributed by atoms with Gasteiger partial charge in [0.05, 0.1) is 10.2 Å². The van der Waals surface area contributed by atoms with Crippen molar-refractivity contribution in [2.75, 3.05) is 18.4 Å². The van der Waals surface area contributed by atoms with Gasteiger partial charge in [0.2, 0.25) is 5.91 Å². The molecule has 0 radical (unpaired) electrons. The molecule has 12 heteroatoms. The van der Waals surface area contributed by atoms with E-state index in [1.165, 1.54) is 0 Å². The molecule has 1 aliphatic rings. The van der Waals surface area contributed by atoms with Crippen molar-refractivity contribution in [3.8, 4) is 11.1 Å². The molecule has 8 nitrogen and oxygen atoms in total. The lowest BCUT2D eigenvalue weighted by Crippen LogP contribution is -2.21. The van der Waals surface area contributed by atoms with Crippen LogP contribution in [0, 0.1) is 0 Å². The Morgan fingerprint density at radius 2 is 1.91 bits per heavy atom. The highest BCUT2D eigenvalue weighted by molar-refractivity contribution is 7.20. The lowest BCUT2D eigenvalue weighted by atomic mass is 10.1. The number of halogens is 3. The zero-order chi connectivity index (χ0) is 24.1. The summed E-state index contributed by atoms with van der Waals surface area (Å²) in [6, 6.07) is 14.9. The van der Waals surface area contributed by atoms with Crippen molar-refractivity contribution >= 4 is 39.3 Å². The van der Waals surface area contributed by atoms with Gasteiger partial charge in [-0.3, -0.25) is 9.59 Å². The second-order valence-corrected chi connectivity index (χ2v) is 8.26. The van der Waals surface area contributed by atoms with E-state index in [2.05, 4.69) is 20.5 Å². The highest BCUT2D eigenvalue weighted by atomic mass is 32.1. The van der Waals surface area contributed by atoms with Crippen LogP contribution >= 0.6 is 11.3 Å². The lowest BCUT2D eigenvalue weighted by Gasteiger charge is -2.04. The Hall–Kier alpha value is -3.80. The SMILES string of the molecule is O=C(c1nnc(NCC(F)(F)F)o1)c1nc2ccc(-c3ccccc3)cc2s1.O=C1CCCN1. The van der Waals surface area contributed by atoms with E-state index in [1.807, 2.05) is 47.8 Å². The van der Waals surface area contributed by atoms with Crippen molar-refractivity contribution in [3.05, 3.63) is 59.4 Å². The first-order valence-corrected chi connectivity index (χ1v) is 11.0. The van der Waals surface area contributed by atoms with E-state index in [-0.39, 0.29) is 10.9 Å². The number of rotatable bonds is 5. The summed E-state index contributed by atoms with van der Waals surface area (Å²) in [5, 5.41) is 11.6. The number of hydrogen-bond acceptors (Lipinski definition) is 8. The third-order valence-corrected chi connectivity index (χ3v) is 5.67. The molecule has 3 heterocycles. The number of nitrogens with one attached hydrogen (secondary N) is 2. The van der Waals surface area contributed by atoms with E-state index in [1.54, 1.807) is 6.07 Å². The Balaban J connectivity index is 0.000000398. The van der Waals surface area contributed by atoms with Gasteiger partial charge in [0.15, 0.2) is 5.01 Å². The summed E-state index contributed by atoms with van der Waals surface area (Å²) in [5.74, 6) is -0.864. The Morgan fingerprint density at radius 3 is 2.56 bits per heavy atom. The topological polar surface area (TPSA) is 110 Å². The minimum Gasteiger partial charge on any atom is -0.400 e. The van der Waals surface area contributed by atoms with Gasteiger partial charge in [-0.25, -0.2) is 4.98 Å². The molecule has 0 bridgehead atoms. The largest absolute Gasteiger partial charge is 0.405 e. The van der Waals surface area contributed by atoms with Gasteiger partial charge in [0, 0.05) is 13.0 Å². The standard InChI is InChI=1S/C18H11F3N4O2S.C4H7NO/c19-18(20,21)9-22-17-25-24-15(27-17)14(26)16-23-12-7-6-11(8-13(12)28-16)10-4-2-1-3-5-10;6-4-2-1-3-5-4/h1-8H,9H2,(H,22,25);1-3H2,(H,5,6). The first-order chi connectivity index (χ1) is 16.3. The monoisotopic (exact) mass is 489 g/mol. The fourth-order valence-electron chi connectivity index (χ4n) is 3.05. The van der Waals surface area contributed by atoms with E-state index < -0.39 is 30.4 Å². The Labute approximate surface area is 195 Å². The summed E-state index contributed by atoms with van der Waals surface area (Å²) in [7, 11) is 0. The minimum atomic E-state index is -4.44. The first kappa shape index (κ1) is 23.4. The van der Waals surface area contributed by atoms with Crippen LogP contribution in [0.15, 0.2) is 52.9 Å². The van der Waals surface area contributed by atoms with Crippen LogP contribution in [0.5, 0.6) is 0 Å². The molecule has 0 aliphatic carbocycles. The number of hydrogen-bond donors (Lipinski definition) is 2. The van der Waals surface area contributed by atoms with Gasteiger partial charge in [0.1, 0.15) is 6.54 Å². The summed E-state index contributed by atoms with van der Waals surface area (Å²) < 4.78 is 42.4. The smallest absolute Gasteiger partial charge is 0.400 e. The van der Waals surface area contributed by atoms with Gasteiger partial charge < -0.3 is 15.1 Å². The van der Waals surface area contributed by atoms with Crippen LogP contribution in [0.25, 0.3) is 21.3 Å². The van der Waals surface area contributed by atoms with Gasteiger partial charge in [-0.05, 0) is 29.7 Å². The Kier molecular flexibility index (Phi) is 6.87. The van der Waals surface area contributed by atoms with E-state index in [0.717, 1.165) is 46.6 Å². The fourth-order valence-corrected chi connectivity index (χ4v) is 3.99. The van der Waals surface area contributed by atoms with Gasteiger partial charge in [-0.1, -0.05) is 41.5 Å². The number of ketones is 1. The number of anilines is 1. The van der Waals surface area contributed by atoms with Crippen LogP contribution in [0.3, 0.4) is 0 Å². The molecule has 2 aromatic carbocycles. The van der Waals surface area contributed by atoms with Crippen LogP contribution in [0.4, 0.5) is 19.2 Å². The van der Waals surface area contributed by atoms with Crippen LogP contribution < -0.4 is 10.6 Å². The molecule has 0 spiro atoms. The third-order valence-electron chi connectivity index (χ3n) is 4.65. The van der Waals surface area contributed by atoms with E-state index in [0.29, 0.717) is 5.52 Å². The number of carbonyl (C=O) groups is 2. The minimum absolute atomic E-state index is 0.117. The summed E-state index contributed by atoms with van der Waals surface area (Å²) in [6.07, 6.45) is -2.68. The molecular weight excluding hydrogens is 471 g/mol. The van der Waals surface area contributed by atoms with Crippen molar-refractivity contribution in [2.24, 2.45) is 0 Å². The molecule has 2 aromatic heterocycles. The van der Waals surface area contributed by atoms with Crippen molar-refractivity contribution < 1.29 is 27.2 Å². The van der Waals surface area contributed by atoms with E-state index in [9.17, 15) is 22.8 Å². The maximum atomic E-state index is 12.5. The second kappa shape index (κ2) is 10.00. The molecule has 5 rings (SSSR count). The van der Waals surface area contributed by atoms with Gasteiger partial charge >= 0.3 is 12.2 Å². The summed E-state index contributed by atoms with van der Waals surface area (Å²) in [5.41, 5.74) is 2.64. The van der Waals surface area contributed by atoms with Gasteiger partial charge in [0.25, 0.3) is 11.7 Å². The van der Waals surface area contributed by atoms with E-state index >= 15 is 0 Å². The average Bonchev–Trinajstić information content (AvgIpc) is 3.58. The Bertz CT molecular complexity index is 1300. The molecule has 1 saturated heterocycles. The lowest BCUT2D eigenvalue weighted by molar-refractivity contribution is -0.119. The number of nitrogens with zero attached hydrogens (tertiary/aromatic N) is 3. The fraction of sp³-hybridized carbons (Fsp3) is 0.227. The van der Waals surface area contributed by atoms with Crippen LogP contribution in [0.2, 0.25) is 0 Å². The average molecular weight is 489 g/mol. The van der Waals surface area contributed by atoms with Gasteiger partial charge in [-0.2, -0.15) is 13.2 Å². The molecular formula is C22H18F3N5O3S. The molecule has 2 N–H and O–H groups in total. The molecule has 0 atom stereocenters. The number of aromatic nitrogens is 3. The number of amides is 1. The second-order valence-electron chi connectivity index (χ2n) is 7.23. The molecule has 34 heavy (non-hydrogen) atoms. The summed E-state index contributed by atoms with van der Waals surface area (Å²) >= 11 is 1.15. The molecule has 1 amide bonds. The molecule has 1 fully saturated rings. The van der Waals surface area contributed by atoms with Crippen LogP contribution in [0.1, 0.15) is 28.5 Å². The first-order valence-electron chi connectivity index (χ1n) is 10.2. The predicted octanol–water partition coefficient (Wildman–Crippen LogP) is 4.45. The summed E-state index contributed by atoms with van der Waals surface area (Å²) in [4.78, 5) is 26.9. The molecule has 1 aliphatic heterocycles.